The Bertz CT molecular complexity index is 1280. The highest BCUT2D eigenvalue weighted by molar-refractivity contribution is 7.84. The summed E-state index contributed by atoms with van der Waals surface area (Å²) in [4.78, 5) is 27.0. The second-order valence-corrected chi connectivity index (χ2v) is 13.8. The number of hydrogen-bond donors (Lipinski definition) is 0. The zero-order chi connectivity index (χ0) is 26.1. The van der Waals surface area contributed by atoms with Crippen molar-refractivity contribution in [2.75, 3.05) is 24.2 Å². The number of rotatable bonds is 2. The van der Waals surface area contributed by atoms with Crippen molar-refractivity contribution in [1.29, 1.82) is 0 Å². The number of fused-ring (bicyclic) bond motifs is 5. The molecule has 2 aliphatic carbocycles. The van der Waals surface area contributed by atoms with Crippen LogP contribution in [-0.4, -0.2) is 62.2 Å². The van der Waals surface area contributed by atoms with Gasteiger partial charge in [-0.3, -0.25) is 9.11 Å². The number of anilines is 1. The van der Waals surface area contributed by atoms with Crippen LogP contribution < -0.4 is 4.90 Å². The molecular weight excluding hydrogens is 508 g/mol. The van der Waals surface area contributed by atoms with Gasteiger partial charge in [0.05, 0.1) is 28.6 Å². The molecule has 2 fully saturated rings. The summed E-state index contributed by atoms with van der Waals surface area (Å²) in [5, 5.41) is 1.26. The number of carbonyl (C=O) groups excluding carboxylic acids is 1. The lowest BCUT2D eigenvalue weighted by atomic mass is 9.69. The summed E-state index contributed by atoms with van der Waals surface area (Å²) in [5.41, 5.74) is 4.35. The van der Waals surface area contributed by atoms with Crippen LogP contribution >= 0.6 is 11.6 Å². The Morgan fingerprint density at radius 2 is 1.78 bits per heavy atom. The van der Waals surface area contributed by atoms with Crippen LogP contribution in [0.2, 0.25) is 5.02 Å². The molecule has 1 aromatic heterocycles. The smallest absolute Gasteiger partial charge is 0.410 e. The van der Waals surface area contributed by atoms with Crippen molar-refractivity contribution in [3.63, 3.8) is 0 Å². The van der Waals surface area contributed by atoms with Crippen LogP contribution in [0.3, 0.4) is 0 Å². The molecular formula is C28H35ClN4O3S. The van der Waals surface area contributed by atoms with E-state index >= 15 is 0 Å². The van der Waals surface area contributed by atoms with Gasteiger partial charge in [0.15, 0.2) is 0 Å². The number of piperazine rings is 1. The van der Waals surface area contributed by atoms with E-state index in [0.29, 0.717) is 18.2 Å². The van der Waals surface area contributed by atoms with Gasteiger partial charge in [0.1, 0.15) is 11.4 Å². The van der Waals surface area contributed by atoms with E-state index in [9.17, 15) is 9.00 Å². The number of benzene rings is 1. The molecule has 4 unspecified atom stereocenters. The standard InChI is InChI=1S/C28H35ClN4O3S/c1-27(2,3)36-26(34)33-17-8-9-18(33)16-32(15-17)24-20-11-13-28(14-23(20)30-25(31-24)37(4)35)12-10-19-21(28)6-5-7-22(19)29/h5-7,17-18H,8-16H2,1-4H3. The lowest BCUT2D eigenvalue weighted by Gasteiger charge is -2.43. The van der Waals surface area contributed by atoms with E-state index in [-0.39, 0.29) is 23.6 Å². The van der Waals surface area contributed by atoms with Gasteiger partial charge in [-0.25, -0.2) is 14.8 Å². The molecule has 0 saturated carbocycles. The van der Waals surface area contributed by atoms with Crippen molar-refractivity contribution in [1.82, 2.24) is 14.9 Å². The first-order valence-electron chi connectivity index (χ1n) is 13.3. The van der Waals surface area contributed by atoms with Crippen LogP contribution in [0.4, 0.5) is 10.6 Å². The fourth-order valence-electron chi connectivity index (χ4n) is 7.00. The first kappa shape index (κ1) is 25.1. The van der Waals surface area contributed by atoms with E-state index in [2.05, 4.69) is 17.0 Å². The average molecular weight is 543 g/mol. The normalized spacial score (nSPS) is 27.3. The van der Waals surface area contributed by atoms with Crippen LogP contribution in [0.1, 0.15) is 68.8 Å². The van der Waals surface area contributed by atoms with Gasteiger partial charge in [-0.1, -0.05) is 23.7 Å². The molecule has 9 heteroatoms. The highest BCUT2D eigenvalue weighted by Gasteiger charge is 2.47. The van der Waals surface area contributed by atoms with E-state index in [1.807, 2.05) is 31.7 Å². The van der Waals surface area contributed by atoms with Gasteiger partial charge >= 0.3 is 6.09 Å². The largest absolute Gasteiger partial charge is 0.444 e. The molecule has 2 bridgehead atoms. The third-order valence-corrected chi connectivity index (χ3v) is 9.65. The number of aromatic nitrogens is 2. The van der Waals surface area contributed by atoms with Crippen LogP contribution in [0.25, 0.3) is 0 Å². The molecule has 6 rings (SSSR count). The van der Waals surface area contributed by atoms with Gasteiger partial charge in [0.2, 0.25) is 5.16 Å². The first-order valence-corrected chi connectivity index (χ1v) is 15.3. The van der Waals surface area contributed by atoms with E-state index in [1.54, 1.807) is 6.26 Å². The molecule has 7 nitrogen and oxygen atoms in total. The maximum absolute atomic E-state index is 13.0. The highest BCUT2D eigenvalue weighted by atomic mass is 35.5. The molecule has 2 saturated heterocycles. The molecule has 4 aliphatic rings. The summed E-state index contributed by atoms with van der Waals surface area (Å²) < 4.78 is 18.3. The van der Waals surface area contributed by atoms with E-state index in [1.165, 1.54) is 16.7 Å². The van der Waals surface area contributed by atoms with Crippen molar-refractivity contribution in [3.8, 4) is 0 Å². The fraction of sp³-hybridized carbons (Fsp3) is 0.607. The van der Waals surface area contributed by atoms with Gasteiger partial charge in [0.25, 0.3) is 0 Å². The summed E-state index contributed by atoms with van der Waals surface area (Å²) in [7, 11) is -1.29. The van der Waals surface area contributed by atoms with Crippen LogP contribution in [0, 0.1) is 0 Å². The van der Waals surface area contributed by atoms with Crippen LogP contribution in [0.15, 0.2) is 23.4 Å². The SMILES string of the molecule is CS(=O)c1nc2c(c(N3CC4CCC(C3)N4C(=O)OC(C)(C)C)n1)CCC1(CCc3c(Cl)cccc31)C2. The number of halogens is 1. The molecule has 0 N–H and O–H groups in total. The molecule has 1 spiro atoms. The topological polar surface area (TPSA) is 75.6 Å². The van der Waals surface area contributed by atoms with Crippen molar-refractivity contribution < 1.29 is 13.7 Å². The maximum atomic E-state index is 13.0. The summed E-state index contributed by atoms with van der Waals surface area (Å²) in [5.74, 6) is 0.912. The van der Waals surface area contributed by atoms with Gasteiger partial charge in [-0.15, -0.1) is 0 Å². The van der Waals surface area contributed by atoms with Gasteiger partial charge in [-0.2, -0.15) is 0 Å². The zero-order valence-corrected chi connectivity index (χ0v) is 23.6. The van der Waals surface area contributed by atoms with E-state index < -0.39 is 16.4 Å². The lowest BCUT2D eigenvalue weighted by Crippen LogP contribution is -2.57. The zero-order valence-electron chi connectivity index (χ0n) is 22.1. The minimum atomic E-state index is -1.29. The van der Waals surface area contributed by atoms with Crippen LogP contribution in [0.5, 0.6) is 0 Å². The maximum Gasteiger partial charge on any atom is 0.410 e. The summed E-state index contributed by atoms with van der Waals surface area (Å²) in [6.45, 7) is 7.14. The van der Waals surface area contributed by atoms with E-state index in [4.69, 9.17) is 26.3 Å². The van der Waals surface area contributed by atoms with Crippen molar-refractivity contribution in [2.45, 2.75) is 94.0 Å². The average Bonchev–Trinajstić information content (AvgIpc) is 3.32. The summed E-state index contributed by atoms with van der Waals surface area (Å²) >= 11 is 6.56. The Morgan fingerprint density at radius 1 is 1.11 bits per heavy atom. The Labute approximate surface area is 226 Å². The third kappa shape index (κ3) is 4.34. The Kier molecular flexibility index (Phi) is 6.07. The Morgan fingerprint density at radius 3 is 2.43 bits per heavy atom. The monoisotopic (exact) mass is 542 g/mol. The van der Waals surface area contributed by atoms with Crippen molar-refractivity contribution in [2.24, 2.45) is 0 Å². The summed E-state index contributed by atoms with van der Waals surface area (Å²) in [6.07, 6.45) is 8.14. The molecule has 2 aliphatic heterocycles. The fourth-order valence-corrected chi connectivity index (χ4v) is 7.72. The molecule has 1 amide bonds. The summed E-state index contributed by atoms with van der Waals surface area (Å²) in [6, 6.07) is 6.46. The molecule has 2 aromatic rings. The number of ether oxygens (including phenoxy) is 1. The Balaban J connectivity index is 1.32. The molecule has 0 radical (unpaired) electrons. The first-order chi connectivity index (χ1) is 17.5. The van der Waals surface area contributed by atoms with Crippen LogP contribution in [-0.2, 0) is 40.2 Å². The van der Waals surface area contributed by atoms with Crippen molar-refractivity contribution >= 4 is 34.3 Å². The Hall–Kier alpha value is -2.19. The van der Waals surface area contributed by atoms with Gasteiger partial charge < -0.3 is 9.64 Å². The molecule has 3 heterocycles. The third-order valence-electron chi connectivity index (χ3n) is 8.60. The number of hydrogen-bond acceptors (Lipinski definition) is 6. The molecule has 198 valence electrons. The molecule has 4 atom stereocenters. The lowest BCUT2D eigenvalue weighted by molar-refractivity contribution is 0.0122. The second-order valence-electron chi connectivity index (χ2n) is 12.1. The predicted molar refractivity (Wildman–Crippen MR) is 145 cm³/mol. The quantitative estimate of drug-likeness (QED) is 0.506. The molecule has 1 aromatic carbocycles. The van der Waals surface area contributed by atoms with E-state index in [0.717, 1.165) is 61.5 Å². The predicted octanol–water partition coefficient (Wildman–Crippen LogP) is 4.83. The van der Waals surface area contributed by atoms with Gasteiger partial charge in [0, 0.05) is 35.3 Å². The molecule has 37 heavy (non-hydrogen) atoms. The highest BCUT2D eigenvalue weighted by Crippen LogP contribution is 2.50. The second kappa shape index (κ2) is 8.94. The van der Waals surface area contributed by atoms with Gasteiger partial charge in [-0.05, 0) is 82.9 Å². The van der Waals surface area contributed by atoms with Crippen molar-refractivity contribution in [3.05, 3.63) is 45.6 Å². The minimum Gasteiger partial charge on any atom is -0.444 e. The number of nitrogens with zero attached hydrogens (tertiary/aromatic N) is 4. The number of amides is 1. The minimum absolute atomic E-state index is 0.0276. The number of carbonyl (C=O) groups is 1.